The minimum atomic E-state index is -4.36. The largest absolute Gasteiger partial charge is 0.494 e. The number of benzene rings is 2. The molecule has 0 saturated heterocycles. The molecule has 0 atom stereocenters. The van der Waals surface area contributed by atoms with Crippen molar-refractivity contribution in [3.05, 3.63) is 75.7 Å². The summed E-state index contributed by atoms with van der Waals surface area (Å²) in [5, 5.41) is 4.34. The highest BCUT2D eigenvalue weighted by Crippen LogP contribution is 2.37. The molecule has 12 heteroatoms. The summed E-state index contributed by atoms with van der Waals surface area (Å²) in [6.07, 6.45) is 2.02. The Balaban J connectivity index is 1.09. The maximum atomic E-state index is 13.8. The van der Waals surface area contributed by atoms with Crippen LogP contribution < -0.4 is 15.6 Å². The van der Waals surface area contributed by atoms with E-state index in [2.05, 4.69) is 17.9 Å². The summed E-state index contributed by atoms with van der Waals surface area (Å²) >= 11 is 6.26. The standard InChI is InChI=1S/C31H35F3N4O3S2/c32-31(33,34)21-11-13-22(14-12-21)41-18-5-1-4-16-35-19-28(39)37-17-15-25-24(20-37)29(40)38(26-9-2-3-10-27(26)42)30(36-25)43-23-7-6-8-23/h2-3,9-14,23,35,42H,1,4-8,15-20H2. The molecule has 5 rings (SSSR count). The number of unbranched alkanes of at least 4 members (excludes halogenated alkanes) is 2. The van der Waals surface area contributed by atoms with Crippen molar-refractivity contribution in [2.75, 3.05) is 26.2 Å². The van der Waals surface area contributed by atoms with Gasteiger partial charge in [0.2, 0.25) is 5.91 Å². The van der Waals surface area contributed by atoms with Crippen LogP contribution in [0.2, 0.25) is 0 Å². The van der Waals surface area contributed by atoms with Crippen molar-refractivity contribution < 1.29 is 22.7 Å². The summed E-state index contributed by atoms with van der Waals surface area (Å²) in [6, 6.07) is 12.2. The molecule has 0 bridgehead atoms. The summed E-state index contributed by atoms with van der Waals surface area (Å²) < 4.78 is 45.2. The molecule has 2 heterocycles. The number of nitrogens with zero attached hydrogens (tertiary/aromatic N) is 3. The van der Waals surface area contributed by atoms with Crippen LogP contribution in [0.25, 0.3) is 5.69 Å². The first-order chi connectivity index (χ1) is 20.7. The fraction of sp³-hybridized carbons (Fsp3) is 0.452. The summed E-state index contributed by atoms with van der Waals surface area (Å²) in [5.41, 5.74) is 1.19. The molecule has 7 nitrogen and oxygen atoms in total. The molecule has 0 radical (unpaired) electrons. The lowest BCUT2D eigenvalue weighted by molar-refractivity contribution is -0.137. The Morgan fingerprint density at radius 1 is 1.09 bits per heavy atom. The minimum Gasteiger partial charge on any atom is -0.494 e. The number of nitrogens with one attached hydrogen (secondary N) is 1. The normalized spacial score (nSPS) is 15.2. The van der Waals surface area contributed by atoms with Crippen molar-refractivity contribution in [2.24, 2.45) is 0 Å². The zero-order valence-electron chi connectivity index (χ0n) is 23.7. The molecule has 1 N–H and O–H groups in total. The highest BCUT2D eigenvalue weighted by Gasteiger charge is 2.30. The Labute approximate surface area is 258 Å². The fourth-order valence-electron chi connectivity index (χ4n) is 5.02. The fourth-order valence-corrected chi connectivity index (χ4v) is 6.59. The van der Waals surface area contributed by atoms with Gasteiger partial charge in [0.05, 0.1) is 42.2 Å². The molecule has 1 aliphatic heterocycles. The van der Waals surface area contributed by atoms with Gasteiger partial charge in [-0.1, -0.05) is 30.3 Å². The average molecular weight is 633 g/mol. The van der Waals surface area contributed by atoms with E-state index in [1.807, 2.05) is 24.3 Å². The molecule has 1 fully saturated rings. The van der Waals surface area contributed by atoms with E-state index in [0.29, 0.717) is 58.4 Å². The van der Waals surface area contributed by atoms with Gasteiger partial charge in [0.15, 0.2) is 5.16 Å². The quantitative estimate of drug-likeness (QED) is 0.147. The molecule has 1 aromatic heterocycles. The van der Waals surface area contributed by atoms with Crippen LogP contribution in [0.15, 0.2) is 63.4 Å². The number of aromatic nitrogens is 2. The second kappa shape index (κ2) is 14.2. The number of amides is 1. The Morgan fingerprint density at radius 3 is 2.56 bits per heavy atom. The van der Waals surface area contributed by atoms with Gasteiger partial charge < -0.3 is 15.0 Å². The maximum absolute atomic E-state index is 13.8. The van der Waals surface area contributed by atoms with Gasteiger partial charge in [0.25, 0.3) is 5.56 Å². The van der Waals surface area contributed by atoms with Crippen molar-refractivity contribution in [1.29, 1.82) is 0 Å². The molecular formula is C31H35F3N4O3S2. The molecule has 0 spiro atoms. The molecule has 3 aromatic rings. The van der Waals surface area contributed by atoms with Crippen LogP contribution in [-0.4, -0.2) is 51.8 Å². The predicted molar refractivity (Wildman–Crippen MR) is 163 cm³/mol. The van der Waals surface area contributed by atoms with E-state index in [-0.39, 0.29) is 24.6 Å². The monoisotopic (exact) mass is 632 g/mol. The third-order valence-corrected chi connectivity index (χ3v) is 9.39. The predicted octanol–water partition coefficient (Wildman–Crippen LogP) is 5.91. The zero-order chi connectivity index (χ0) is 30.4. The molecule has 1 amide bonds. The number of hydrogen-bond donors (Lipinski definition) is 2. The number of carbonyl (C=O) groups excluding carboxylic acids is 1. The molecule has 1 aliphatic carbocycles. The smallest absolute Gasteiger partial charge is 0.416 e. The Morgan fingerprint density at radius 2 is 1.86 bits per heavy atom. The van der Waals surface area contributed by atoms with Gasteiger partial charge in [-0.05, 0) is 75.0 Å². The van der Waals surface area contributed by atoms with E-state index >= 15 is 0 Å². The van der Waals surface area contributed by atoms with E-state index in [0.717, 1.165) is 49.9 Å². The van der Waals surface area contributed by atoms with E-state index in [1.165, 1.54) is 18.6 Å². The van der Waals surface area contributed by atoms with Crippen molar-refractivity contribution in [2.45, 2.75) is 73.0 Å². The number of halogens is 3. The highest BCUT2D eigenvalue weighted by molar-refractivity contribution is 7.99. The van der Waals surface area contributed by atoms with Crippen molar-refractivity contribution >= 4 is 30.3 Å². The number of thioether (sulfide) groups is 1. The number of thiol groups is 1. The van der Waals surface area contributed by atoms with E-state index in [1.54, 1.807) is 21.2 Å². The van der Waals surface area contributed by atoms with Gasteiger partial charge in [-0.2, -0.15) is 13.2 Å². The van der Waals surface area contributed by atoms with Crippen LogP contribution in [0.5, 0.6) is 5.75 Å². The first kappa shape index (κ1) is 31.5. The van der Waals surface area contributed by atoms with Crippen LogP contribution in [0, 0.1) is 0 Å². The van der Waals surface area contributed by atoms with Crippen LogP contribution in [0.4, 0.5) is 13.2 Å². The van der Waals surface area contributed by atoms with Gasteiger partial charge in [-0.25, -0.2) is 4.98 Å². The molecule has 43 heavy (non-hydrogen) atoms. The Hall–Kier alpha value is -2.96. The molecule has 230 valence electrons. The van der Waals surface area contributed by atoms with E-state index in [9.17, 15) is 22.8 Å². The van der Waals surface area contributed by atoms with E-state index in [4.69, 9.17) is 9.72 Å². The molecule has 2 aromatic carbocycles. The Bertz CT molecular complexity index is 1480. The van der Waals surface area contributed by atoms with Crippen molar-refractivity contribution in [3.63, 3.8) is 0 Å². The number of alkyl halides is 3. The van der Waals surface area contributed by atoms with Gasteiger partial charge >= 0.3 is 6.18 Å². The average Bonchev–Trinajstić information content (AvgIpc) is 2.96. The number of hydrogen-bond acceptors (Lipinski definition) is 7. The van der Waals surface area contributed by atoms with Gasteiger partial charge in [-0.15, -0.1) is 12.6 Å². The maximum Gasteiger partial charge on any atom is 0.416 e. The summed E-state index contributed by atoms with van der Waals surface area (Å²) in [6.45, 7) is 1.97. The second-order valence-corrected chi connectivity index (χ2v) is 12.5. The zero-order valence-corrected chi connectivity index (χ0v) is 25.4. The van der Waals surface area contributed by atoms with E-state index < -0.39 is 11.7 Å². The summed E-state index contributed by atoms with van der Waals surface area (Å²) in [5.74, 6) is 0.342. The topological polar surface area (TPSA) is 76.5 Å². The number of carbonyl (C=O) groups is 1. The van der Waals surface area contributed by atoms with Crippen LogP contribution in [0.1, 0.15) is 55.3 Å². The number of ether oxygens (including phenoxy) is 1. The van der Waals surface area contributed by atoms with Crippen LogP contribution in [0.3, 0.4) is 0 Å². The molecular weight excluding hydrogens is 597 g/mol. The lowest BCUT2D eigenvalue weighted by atomic mass is 10.0. The summed E-state index contributed by atoms with van der Waals surface area (Å²) in [7, 11) is 0. The third-order valence-electron chi connectivity index (χ3n) is 7.72. The third kappa shape index (κ3) is 7.96. The molecule has 0 unspecified atom stereocenters. The highest BCUT2D eigenvalue weighted by atomic mass is 32.2. The lowest BCUT2D eigenvalue weighted by Gasteiger charge is -2.30. The number of fused-ring (bicyclic) bond motifs is 1. The van der Waals surface area contributed by atoms with Gasteiger partial charge in [0.1, 0.15) is 5.75 Å². The SMILES string of the molecule is O=C(CNCCCCCOc1ccc(C(F)(F)F)cc1)N1CCc2nc(SC3CCC3)n(-c3ccccc3S)c(=O)c2C1. The molecule has 1 saturated carbocycles. The van der Waals surface area contributed by atoms with Gasteiger partial charge in [-0.3, -0.25) is 14.2 Å². The second-order valence-electron chi connectivity index (χ2n) is 10.8. The Kier molecular flexibility index (Phi) is 10.4. The lowest BCUT2D eigenvalue weighted by Crippen LogP contribution is -2.44. The number of rotatable bonds is 12. The van der Waals surface area contributed by atoms with Crippen molar-refractivity contribution in [3.8, 4) is 11.4 Å². The first-order valence-electron chi connectivity index (χ1n) is 14.6. The van der Waals surface area contributed by atoms with Crippen LogP contribution in [-0.2, 0) is 23.9 Å². The number of para-hydroxylation sites is 1. The first-order valence-corrected chi connectivity index (χ1v) is 15.9. The van der Waals surface area contributed by atoms with Gasteiger partial charge in [0, 0.05) is 23.1 Å². The minimum absolute atomic E-state index is 0.0650. The molecule has 2 aliphatic rings. The summed E-state index contributed by atoms with van der Waals surface area (Å²) in [4.78, 5) is 34.2. The van der Waals surface area contributed by atoms with Crippen LogP contribution >= 0.6 is 24.4 Å². The van der Waals surface area contributed by atoms with Crippen molar-refractivity contribution in [1.82, 2.24) is 19.8 Å².